The van der Waals surface area contributed by atoms with Crippen LogP contribution < -0.4 is 25.6 Å². The van der Waals surface area contributed by atoms with Gasteiger partial charge in [-0.25, -0.2) is 0 Å². The van der Waals surface area contributed by atoms with E-state index in [0.29, 0.717) is 18.5 Å². The molecule has 1 unspecified atom stereocenters. The normalized spacial score (nSPS) is 15.9. The Morgan fingerprint density at radius 2 is 1.87 bits per heavy atom. The van der Waals surface area contributed by atoms with Crippen LogP contribution in [0.4, 0.5) is 5.69 Å². The van der Waals surface area contributed by atoms with E-state index >= 15 is 0 Å². The molecule has 30 heavy (non-hydrogen) atoms. The lowest BCUT2D eigenvalue weighted by molar-refractivity contribution is -0.120. The van der Waals surface area contributed by atoms with E-state index < -0.39 is 0 Å². The number of aliphatic imine (C=N–C) groups is 1. The molecule has 1 fully saturated rings. The van der Waals surface area contributed by atoms with E-state index in [-0.39, 0.29) is 36.4 Å². The molecule has 162 valence electrons. The summed E-state index contributed by atoms with van der Waals surface area (Å²) in [7, 11) is 3.35. The van der Waals surface area contributed by atoms with Gasteiger partial charge in [0, 0.05) is 38.4 Å². The summed E-state index contributed by atoms with van der Waals surface area (Å²) < 4.78 is 5.14. The number of ether oxygens (including phenoxy) is 1. The van der Waals surface area contributed by atoms with Gasteiger partial charge in [0.25, 0.3) is 0 Å². The third-order valence-corrected chi connectivity index (χ3v) is 4.94. The minimum absolute atomic E-state index is 0. The van der Waals surface area contributed by atoms with Crippen molar-refractivity contribution in [3.63, 3.8) is 0 Å². The second kappa shape index (κ2) is 12.3. The van der Waals surface area contributed by atoms with Crippen LogP contribution in [0.1, 0.15) is 12.0 Å². The molecule has 8 heteroatoms. The smallest absolute Gasteiger partial charge is 0.239 e. The van der Waals surface area contributed by atoms with Crippen LogP contribution >= 0.6 is 24.0 Å². The number of guanidine groups is 1. The molecule has 2 aromatic carbocycles. The molecule has 0 bridgehead atoms. The maximum Gasteiger partial charge on any atom is 0.239 e. The van der Waals surface area contributed by atoms with Gasteiger partial charge in [0.15, 0.2) is 5.96 Å². The summed E-state index contributed by atoms with van der Waals surface area (Å²) in [6.07, 6.45) is 1.03. The maximum absolute atomic E-state index is 12.1. The van der Waals surface area contributed by atoms with Gasteiger partial charge >= 0.3 is 0 Å². The number of anilines is 1. The van der Waals surface area contributed by atoms with Crippen molar-refractivity contribution in [1.29, 1.82) is 0 Å². The molecular formula is C22H30IN5O2. The summed E-state index contributed by atoms with van der Waals surface area (Å²) >= 11 is 0. The Morgan fingerprint density at radius 3 is 2.53 bits per heavy atom. The van der Waals surface area contributed by atoms with Gasteiger partial charge in [0.2, 0.25) is 5.91 Å². The molecule has 1 amide bonds. The first kappa shape index (κ1) is 23.8. The molecular weight excluding hydrogens is 493 g/mol. The van der Waals surface area contributed by atoms with E-state index in [1.165, 1.54) is 5.69 Å². The van der Waals surface area contributed by atoms with Crippen LogP contribution in [-0.2, 0) is 11.3 Å². The number of carbonyl (C=O) groups excluding carboxylic acids is 1. The molecule has 1 aliphatic heterocycles. The topological polar surface area (TPSA) is 78.0 Å². The minimum Gasteiger partial charge on any atom is -0.497 e. The molecule has 1 heterocycles. The van der Waals surface area contributed by atoms with Gasteiger partial charge in [-0.3, -0.25) is 9.79 Å². The molecule has 1 atom stereocenters. The Morgan fingerprint density at radius 1 is 1.13 bits per heavy atom. The highest BCUT2D eigenvalue weighted by Gasteiger charge is 2.23. The molecule has 0 spiro atoms. The highest BCUT2D eigenvalue weighted by molar-refractivity contribution is 14.0. The van der Waals surface area contributed by atoms with Crippen LogP contribution in [0.5, 0.6) is 5.75 Å². The number of halogens is 1. The average Bonchev–Trinajstić information content (AvgIpc) is 3.24. The number of nitrogens with one attached hydrogen (secondary N) is 3. The largest absolute Gasteiger partial charge is 0.497 e. The number of hydrogen-bond acceptors (Lipinski definition) is 4. The number of rotatable bonds is 7. The zero-order valence-corrected chi connectivity index (χ0v) is 19.8. The summed E-state index contributed by atoms with van der Waals surface area (Å²) in [4.78, 5) is 18.7. The molecule has 1 saturated heterocycles. The first-order chi connectivity index (χ1) is 14.2. The Kier molecular flexibility index (Phi) is 9.72. The lowest BCUT2D eigenvalue weighted by Gasteiger charge is -2.20. The van der Waals surface area contributed by atoms with Crippen molar-refractivity contribution in [1.82, 2.24) is 16.0 Å². The summed E-state index contributed by atoms with van der Waals surface area (Å²) in [6.45, 7) is 2.56. The monoisotopic (exact) mass is 523 g/mol. The van der Waals surface area contributed by atoms with Gasteiger partial charge in [-0.05, 0) is 36.2 Å². The number of benzene rings is 2. The van der Waals surface area contributed by atoms with Crippen molar-refractivity contribution in [2.75, 3.05) is 38.7 Å². The Balaban J connectivity index is 0.00000320. The number of hydrogen-bond donors (Lipinski definition) is 3. The standard InChI is InChI=1S/C22H29N5O2.HI/c1-23-22(26-18-12-13-27(16-18)19-6-4-3-5-7-19)25-15-21(28)24-14-17-8-10-20(29-2)11-9-17;/h3-11,18H,12-16H2,1-2H3,(H,24,28)(H2,23,25,26);1H. The summed E-state index contributed by atoms with van der Waals surface area (Å²) in [5, 5.41) is 9.41. The lowest BCUT2D eigenvalue weighted by Crippen LogP contribution is -2.47. The van der Waals surface area contributed by atoms with E-state index in [1.54, 1.807) is 14.2 Å². The van der Waals surface area contributed by atoms with Crippen molar-refractivity contribution in [3.05, 3.63) is 60.2 Å². The van der Waals surface area contributed by atoms with Gasteiger partial charge in [-0.15, -0.1) is 24.0 Å². The number of nitrogens with zero attached hydrogens (tertiary/aromatic N) is 2. The summed E-state index contributed by atoms with van der Waals surface area (Å²) in [5.74, 6) is 1.36. The molecule has 0 saturated carbocycles. The van der Waals surface area contributed by atoms with Crippen molar-refractivity contribution >= 4 is 41.5 Å². The Bertz CT molecular complexity index is 814. The van der Waals surface area contributed by atoms with Crippen molar-refractivity contribution in [2.45, 2.75) is 19.0 Å². The SMILES string of the molecule is CN=C(NCC(=O)NCc1ccc(OC)cc1)NC1CCN(c2ccccc2)C1.I. The average molecular weight is 523 g/mol. The van der Waals surface area contributed by atoms with Gasteiger partial charge in [-0.1, -0.05) is 30.3 Å². The number of carbonyl (C=O) groups is 1. The number of para-hydroxylation sites is 1. The molecule has 7 nitrogen and oxygen atoms in total. The van der Waals surface area contributed by atoms with Crippen molar-refractivity contribution < 1.29 is 9.53 Å². The van der Waals surface area contributed by atoms with Crippen LogP contribution in [-0.4, -0.2) is 51.7 Å². The molecule has 3 N–H and O–H groups in total. The van der Waals surface area contributed by atoms with Crippen LogP contribution in [0.25, 0.3) is 0 Å². The van der Waals surface area contributed by atoms with Gasteiger partial charge in [-0.2, -0.15) is 0 Å². The predicted octanol–water partition coefficient (Wildman–Crippen LogP) is 2.37. The van der Waals surface area contributed by atoms with E-state index in [9.17, 15) is 4.79 Å². The fourth-order valence-electron chi connectivity index (χ4n) is 3.31. The highest BCUT2D eigenvalue weighted by atomic mass is 127. The quantitative estimate of drug-likeness (QED) is 0.295. The second-order valence-corrected chi connectivity index (χ2v) is 6.96. The van der Waals surface area contributed by atoms with Crippen LogP contribution in [0.15, 0.2) is 59.6 Å². The number of methoxy groups -OCH3 is 1. The summed E-state index contributed by atoms with van der Waals surface area (Å²) in [5.41, 5.74) is 2.26. The van der Waals surface area contributed by atoms with Crippen LogP contribution in [0.2, 0.25) is 0 Å². The van der Waals surface area contributed by atoms with E-state index in [2.05, 4.69) is 50.1 Å². The van der Waals surface area contributed by atoms with Crippen LogP contribution in [0, 0.1) is 0 Å². The molecule has 0 radical (unpaired) electrons. The fraction of sp³-hybridized carbons (Fsp3) is 0.364. The van der Waals surface area contributed by atoms with Crippen LogP contribution in [0.3, 0.4) is 0 Å². The maximum atomic E-state index is 12.1. The minimum atomic E-state index is -0.0823. The first-order valence-electron chi connectivity index (χ1n) is 9.84. The van der Waals surface area contributed by atoms with Gasteiger partial charge in [0.1, 0.15) is 5.75 Å². The Hall–Kier alpha value is -2.49. The molecule has 3 rings (SSSR count). The zero-order valence-electron chi connectivity index (χ0n) is 17.4. The van der Waals surface area contributed by atoms with E-state index in [0.717, 1.165) is 30.8 Å². The molecule has 1 aliphatic rings. The predicted molar refractivity (Wildman–Crippen MR) is 132 cm³/mol. The van der Waals surface area contributed by atoms with Gasteiger partial charge in [0.05, 0.1) is 13.7 Å². The third-order valence-electron chi connectivity index (χ3n) is 4.94. The number of amides is 1. The van der Waals surface area contributed by atoms with E-state index in [1.807, 2.05) is 30.3 Å². The second-order valence-electron chi connectivity index (χ2n) is 6.96. The zero-order chi connectivity index (χ0) is 20.5. The molecule has 0 aromatic heterocycles. The first-order valence-corrected chi connectivity index (χ1v) is 9.84. The van der Waals surface area contributed by atoms with Gasteiger partial charge < -0.3 is 25.6 Å². The van der Waals surface area contributed by atoms with E-state index in [4.69, 9.17) is 4.74 Å². The molecule has 0 aliphatic carbocycles. The third kappa shape index (κ3) is 7.08. The fourth-order valence-corrected chi connectivity index (χ4v) is 3.31. The van der Waals surface area contributed by atoms with Crippen molar-refractivity contribution in [2.24, 2.45) is 4.99 Å². The van der Waals surface area contributed by atoms with Crippen molar-refractivity contribution in [3.8, 4) is 5.75 Å². The highest BCUT2D eigenvalue weighted by Crippen LogP contribution is 2.19. The summed E-state index contributed by atoms with van der Waals surface area (Å²) in [6, 6.07) is 18.3. The lowest BCUT2D eigenvalue weighted by atomic mass is 10.2. The Labute approximate surface area is 195 Å². The molecule has 2 aromatic rings.